The normalized spacial score (nSPS) is 14.9. The van der Waals surface area contributed by atoms with Crippen LogP contribution in [0.1, 0.15) is 17.5 Å². The molecule has 1 aliphatic heterocycles. The van der Waals surface area contributed by atoms with E-state index in [1.54, 1.807) is 0 Å². The number of methoxy groups -OCH3 is 1. The Balaban J connectivity index is 1.97. The van der Waals surface area contributed by atoms with Crippen LogP contribution in [0, 0.1) is 0 Å². The van der Waals surface area contributed by atoms with E-state index in [4.69, 9.17) is 4.74 Å². The lowest BCUT2D eigenvalue weighted by atomic mass is 10.0. The third kappa shape index (κ3) is 2.97. The molecule has 0 aliphatic carbocycles. The van der Waals surface area contributed by atoms with Gasteiger partial charge in [-0.15, -0.1) is 0 Å². The highest BCUT2D eigenvalue weighted by Crippen LogP contribution is 2.26. The summed E-state index contributed by atoms with van der Waals surface area (Å²) in [7, 11) is 1.32. The first-order valence-electron chi connectivity index (χ1n) is 5.68. The van der Waals surface area contributed by atoms with Crippen LogP contribution in [0.25, 0.3) is 0 Å². The SMILES string of the molecule is COC(=O)CC(O)Cc1ccc2c(c1)CCO2. The lowest BCUT2D eigenvalue weighted by molar-refractivity contribution is -0.142. The fourth-order valence-corrected chi connectivity index (χ4v) is 1.99. The highest BCUT2D eigenvalue weighted by atomic mass is 16.5. The number of aliphatic hydroxyl groups is 1. The second-order valence-corrected chi connectivity index (χ2v) is 4.18. The number of fused-ring (bicyclic) bond motifs is 1. The summed E-state index contributed by atoms with van der Waals surface area (Å²) in [4.78, 5) is 11.0. The molecule has 1 N–H and O–H groups in total. The van der Waals surface area contributed by atoms with Crippen molar-refractivity contribution >= 4 is 5.97 Å². The van der Waals surface area contributed by atoms with Gasteiger partial charge in [0.2, 0.25) is 0 Å². The monoisotopic (exact) mass is 236 g/mol. The zero-order chi connectivity index (χ0) is 12.3. The van der Waals surface area contributed by atoms with Crippen molar-refractivity contribution in [3.05, 3.63) is 29.3 Å². The van der Waals surface area contributed by atoms with Crippen LogP contribution in [0.4, 0.5) is 0 Å². The van der Waals surface area contributed by atoms with Gasteiger partial charge in [-0.1, -0.05) is 12.1 Å². The van der Waals surface area contributed by atoms with Crippen LogP contribution in [0.2, 0.25) is 0 Å². The molecule has 0 radical (unpaired) electrons. The lowest BCUT2D eigenvalue weighted by Gasteiger charge is -2.10. The van der Waals surface area contributed by atoms with Gasteiger partial charge >= 0.3 is 5.97 Å². The minimum Gasteiger partial charge on any atom is -0.493 e. The maximum Gasteiger partial charge on any atom is 0.308 e. The molecule has 92 valence electrons. The Morgan fingerprint density at radius 1 is 1.59 bits per heavy atom. The van der Waals surface area contributed by atoms with Crippen molar-refractivity contribution in [3.8, 4) is 5.75 Å². The van der Waals surface area contributed by atoms with Crippen LogP contribution < -0.4 is 4.74 Å². The van der Waals surface area contributed by atoms with Crippen molar-refractivity contribution in [1.82, 2.24) is 0 Å². The fraction of sp³-hybridized carbons (Fsp3) is 0.462. The van der Waals surface area contributed by atoms with Crippen molar-refractivity contribution in [2.45, 2.75) is 25.4 Å². The van der Waals surface area contributed by atoms with Crippen LogP contribution >= 0.6 is 0 Å². The van der Waals surface area contributed by atoms with Gasteiger partial charge in [-0.3, -0.25) is 4.79 Å². The third-order valence-corrected chi connectivity index (χ3v) is 2.86. The Kier molecular flexibility index (Phi) is 3.64. The maximum atomic E-state index is 11.0. The average Bonchev–Trinajstić information content (AvgIpc) is 2.75. The van der Waals surface area contributed by atoms with Crippen LogP contribution in [0.3, 0.4) is 0 Å². The largest absolute Gasteiger partial charge is 0.493 e. The topological polar surface area (TPSA) is 55.8 Å². The zero-order valence-electron chi connectivity index (χ0n) is 9.81. The van der Waals surface area contributed by atoms with Crippen LogP contribution in [-0.4, -0.2) is 30.9 Å². The van der Waals surface area contributed by atoms with Gasteiger partial charge in [0.15, 0.2) is 0 Å². The van der Waals surface area contributed by atoms with Gasteiger partial charge in [-0.25, -0.2) is 0 Å². The summed E-state index contributed by atoms with van der Waals surface area (Å²) < 4.78 is 9.92. The molecule has 1 aliphatic rings. The van der Waals surface area contributed by atoms with Crippen molar-refractivity contribution in [3.63, 3.8) is 0 Å². The Labute approximate surface area is 100 Å². The number of carbonyl (C=O) groups is 1. The molecular formula is C13H16O4. The molecule has 2 rings (SSSR count). The molecule has 4 nitrogen and oxygen atoms in total. The van der Waals surface area contributed by atoms with Gasteiger partial charge in [0.05, 0.1) is 26.2 Å². The first-order chi connectivity index (χ1) is 8.19. The summed E-state index contributed by atoms with van der Waals surface area (Å²) in [6.45, 7) is 0.726. The van der Waals surface area contributed by atoms with E-state index >= 15 is 0 Å². The lowest BCUT2D eigenvalue weighted by Crippen LogP contribution is -2.17. The zero-order valence-corrected chi connectivity index (χ0v) is 9.81. The summed E-state index contributed by atoms with van der Waals surface area (Å²) in [5, 5.41) is 9.72. The Hall–Kier alpha value is -1.55. The van der Waals surface area contributed by atoms with Crippen LogP contribution in [-0.2, 0) is 22.4 Å². The number of esters is 1. The number of aliphatic hydroxyl groups excluding tert-OH is 1. The van der Waals surface area contributed by atoms with E-state index in [1.807, 2.05) is 18.2 Å². The second kappa shape index (κ2) is 5.19. The van der Waals surface area contributed by atoms with E-state index in [2.05, 4.69) is 4.74 Å². The average molecular weight is 236 g/mol. The Morgan fingerprint density at radius 2 is 2.41 bits per heavy atom. The molecule has 0 amide bonds. The molecule has 1 unspecified atom stereocenters. The van der Waals surface area contributed by atoms with E-state index < -0.39 is 6.10 Å². The van der Waals surface area contributed by atoms with E-state index in [0.29, 0.717) is 6.42 Å². The summed E-state index contributed by atoms with van der Waals surface area (Å²) in [6.07, 6.45) is 0.714. The van der Waals surface area contributed by atoms with E-state index in [0.717, 1.165) is 24.3 Å². The second-order valence-electron chi connectivity index (χ2n) is 4.18. The van der Waals surface area contributed by atoms with E-state index in [-0.39, 0.29) is 12.4 Å². The summed E-state index contributed by atoms with van der Waals surface area (Å²) in [5.74, 6) is 0.540. The Morgan fingerprint density at radius 3 is 3.18 bits per heavy atom. The molecule has 1 heterocycles. The molecule has 0 bridgehead atoms. The smallest absolute Gasteiger partial charge is 0.308 e. The van der Waals surface area contributed by atoms with Crippen molar-refractivity contribution in [2.24, 2.45) is 0 Å². The number of hydrogen-bond acceptors (Lipinski definition) is 4. The Bertz CT molecular complexity index is 414. The molecule has 17 heavy (non-hydrogen) atoms. The molecular weight excluding hydrogens is 220 g/mol. The third-order valence-electron chi connectivity index (χ3n) is 2.86. The minimum atomic E-state index is -0.692. The first-order valence-corrected chi connectivity index (χ1v) is 5.68. The van der Waals surface area contributed by atoms with Gasteiger partial charge in [-0.2, -0.15) is 0 Å². The van der Waals surface area contributed by atoms with Crippen LogP contribution in [0.5, 0.6) is 5.75 Å². The number of carbonyl (C=O) groups excluding carboxylic acids is 1. The predicted molar refractivity (Wildman–Crippen MR) is 62.0 cm³/mol. The van der Waals surface area contributed by atoms with Crippen molar-refractivity contribution < 1.29 is 19.4 Å². The highest BCUT2D eigenvalue weighted by Gasteiger charge is 2.15. The van der Waals surface area contributed by atoms with Crippen molar-refractivity contribution in [2.75, 3.05) is 13.7 Å². The molecule has 0 spiro atoms. The molecule has 1 aromatic rings. The number of rotatable bonds is 4. The quantitative estimate of drug-likeness (QED) is 0.795. The van der Waals surface area contributed by atoms with Gasteiger partial charge in [-0.05, 0) is 23.6 Å². The number of hydrogen-bond donors (Lipinski definition) is 1. The molecule has 0 saturated heterocycles. The van der Waals surface area contributed by atoms with E-state index in [1.165, 1.54) is 12.7 Å². The minimum absolute atomic E-state index is 0.0318. The molecule has 1 atom stereocenters. The maximum absolute atomic E-state index is 11.0. The molecule has 0 fully saturated rings. The van der Waals surface area contributed by atoms with Crippen LogP contribution in [0.15, 0.2) is 18.2 Å². The summed E-state index contributed by atoms with van der Waals surface area (Å²) >= 11 is 0. The molecule has 0 saturated carbocycles. The summed E-state index contributed by atoms with van der Waals surface area (Å²) in [6, 6.07) is 5.87. The highest BCUT2D eigenvalue weighted by molar-refractivity contribution is 5.69. The summed E-state index contributed by atoms with van der Waals surface area (Å²) in [5.41, 5.74) is 2.19. The van der Waals surface area contributed by atoms with Gasteiger partial charge in [0.1, 0.15) is 5.75 Å². The number of benzene rings is 1. The first kappa shape index (κ1) is 11.9. The predicted octanol–water partition coefficient (Wildman–Crippen LogP) is 1.09. The molecule has 0 aromatic heterocycles. The van der Waals surface area contributed by atoms with E-state index in [9.17, 15) is 9.90 Å². The molecule has 4 heteroatoms. The number of ether oxygens (including phenoxy) is 2. The standard InChI is InChI=1S/C13H16O4/c1-16-13(15)8-11(14)7-9-2-3-12-10(6-9)4-5-17-12/h2-3,6,11,14H,4-5,7-8H2,1H3. The van der Waals surface area contributed by atoms with Gasteiger partial charge in [0.25, 0.3) is 0 Å². The van der Waals surface area contributed by atoms with Gasteiger partial charge in [0, 0.05) is 6.42 Å². The molecule has 1 aromatic carbocycles. The fourth-order valence-electron chi connectivity index (χ4n) is 1.99. The van der Waals surface area contributed by atoms with Gasteiger partial charge < -0.3 is 14.6 Å². The van der Waals surface area contributed by atoms with Crippen molar-refractivity contribution in [1.29, 1.82) is 0 Å².